The van der Waals surface area contributed by atoms with Gasteiger partial charge in [-0.3, -0.25) is 9.82 Å². The van der Waals surface area contributed by atoms with Crippen LogP contribution in [-0.4, -0.2) is 60.7 Å². The number of likely N-dealkylation sites (N-methyl/N-ethyl adjacent to an activating group) is 1. The van der Waals surface area contributed by atoms with E-state index in [2.05, 4.69) is 25.5 Å². The van der Waals surface area contributed by atoms with Crippen molar-refractivity contribution in [1.29, 1.82) is 0 Å². The molecule has 192 valence electrons. The number of sulfonamides is 1. The number of aromatic nitrogens is 4. The van der Waals surface area contributed by atoms with E-state index in [1.807, 2.05) is 30.6 Å². The van der Waals surface area contributed by atoms with Crippen molar-refractivity contribution < 1.29 is 21.6 Å². The predicted molar refractivity (Wildman–Crippen MR) is 133 cm³/mol. The van der Waals surface area contributed by atoms with Gasteiger partial charge < -0.3 is 10.2 Å². The number of nitrogens with zero attached hydrogens (tertiary/aromatic N) is 4. The van der Waals surface area contributed by atoms with Gasteiger partial charge in [0.1, 0.15) is 28.2 Å². The van der Waals surface area contributed by atoms with Crippen LogP contribution < -0.4 is 10.0 Å². The number of H-pyrrole nitrogens is 1. The minimum Gasteiger partial charge on any atom is -0.368 e. The van der Waals surface area contributed by atoms with Gasteiger partial charge in [0.2, 0.25) is 0 Å². The quantitative estimate of drug-likeness (QED) is 0.309. The summed E-state index contributed by atoms with van der Waals surface area (Å²) in [6, 6.07) is 5.59. The van der Waals surface area contributed by atoms with Crippen molar-refractivity contribution in [2.45, 2.75) is 11.8 Å². The minimum absolute atomic E-state index is 0. The van der Waals surface area contributed by atoms with Crippen molar-refractivity contribution in [1.82, 2.24) is 25.1 Å². The maximum atomic E-state index is 14.9. The molecule has 9 nitrogen and oxygen atoms in total. The number of nitrogens with one attached hydrogen (secondary N) is 3. The third-order valence-electron chi connectivity index (χ3n) is 5.10. The molecular formula is C22H23ClF3N7O2S. The van der Waals surface area contributed by atoms with Crippen LogP contribution in [0, 0.1) is 24.4 Å². The third-order valence-corrected chi connectivity index (χ3v) is 6.48. The summed E-state index contributed by atoms with van der Waals surface area (Å²) in [7, 11) is -0.706. The largest absolute Gasteiger partial charge is 0.368 e. The van der Waals surface area contributed by atoms with Gasteiger partial charge in [-0.15, -0.1) is 12.4 Å². The van der Waals surface area contributed by atoms with Crippen LogP contribution in [0.1, 0.15) is 5.69 Å². The first kappa shape index (κ1) is 27.2. The minimum atomic E-state index is -4.58. The first-order valence-corrected chi connectivity index (χ1v) is 11.9. The molecule has 0 aliphatic heterocycles. The molecule has 3 N–H and O–H groups in total. The maximum absolute atomic E-state index is 14.9. The smallest absolute Gasteiger partial charge is 0.265 e. The van der Waals surface area contributed by atoms with E-state index in [0.29, 0.717) is 35.5 Å². The molecule has 0 fully saturated rings. The fourth-order valence-corrected chi connectivity index (χ4v) is 4.50. The van der Waals surface area contributed by atoms with Crippen molar-refractivity contribution >= 4 is 45.0 Å². The Hall–Kier alpha value is -3.42. The molecule has 0 saturated carbocycles. The molecule has 14 heteroatoms. The molecule has 2 aromatic heterocycles. The van der Waals surface area contributed by atoms with Crippen LogP contribution >= 0.6 is 12.4 Å². The Morgan fingerprint density at radius 1 is 1.03 bits per heavy atom. The summed E-state index contributed by atoms with van der Waals surface area (Å²) < 4.78 is 69.2. The summed E-state index contributed by atoms with van der Waals surface area (Å²) in [6.07, 6.45) is 0. The molecule has 2 aromatic carbocycles. The first-order chi connectivity index (χ1) is 16.5. The van der Waals surface area contributed by atoms with Gasteiger partial charge in [-0.1, -0.05) is 0 Å². The van der Waals surface area contributed by atoms with Gasteiger partial charge in [-0.25, -0.2) is 31.6 Å². The van der Waals surface area contributed by atoms with Crippen LogP contribution in [-0.2, 0) is 10.0 Å². The highest BCUT2D eigenvalue weighted by Gasteiger charge is 2.22. The van der Waals surface area contributed by atoms with Gasteiger partial charge in [0.15, 0.2) is 11.5 Å². The molecule has 2 heterocycles. The summed E-state index contributed by atoms with van der Waals surface area (Å²) in [4.78, 5) is 9.97. The van der Waals surface area contributed by atoms with Crippen LogP contribution in [0.4, 0.5) is 24.7 Å². The second-order valence-electron chi connectivity index (χ2n) is 8.05. The van der Waals surface area contributed by atoms with Crippen molar-refractivity contribution in [2.24, 2.45) is 0 Å². The van der Waals surface area contributed by atoms with E-state index >= 15 is 0 Å². The van der Waals surface area contributed by atoms with Gasteiger partial charge in [0.25, 0.3) is 10.0 Å². The maximum Gasteiger partial charge on any atom is 0.265 e. The van der Waals surface area contributed by atoms with Gasteiger partial charge in [-0.2, -0.15) is 5.10 Å². The monoisotopic (exact) mass is 541 g/mol. The summed E-state index contributed by atoms with van der Waals surface area (Å²) in [5, 5.41) is 11.0. The fourth-order valence-electron chi connectivity index (χ4n) is 3.34. The first-order valence-electron chi connectivity index (χ1n) is 10.4. The Morgan fingerprint density at radius 2 is 1.78 bits per heavy atom. The van der Waals surface area contributed by atoms with E-state index in [4.69, 9.17) is 0 Å². The zero-order chi connectivity index (χ0) is 25.3. The molecule has 0 unspecified atom stereocenters. The number of hydrogen-bond acceptors (Lipinski definition) is 7. The molecule has 4 rings (SSSR count). The number of anilines is 2. The second kappa shape index (κ2) is 10.7. The lowest BCUT2D eigenvalue weighted by Crippen LogP contribution is -2.21. The van der Waals surface area contributed by atoms with E-state index in [1.54, 1.807) is 0 Å². The average Bonchev–Trinajstić information content (AvgIpc) is 3.17. The number of fused-ring (bicyclic) bond motifs is 1. The van der Waals surface area contributed by atoms with Crippen molar-refractivity contribution in [2.75, 3.05) is 37.2 Å². The van der Waals surface area contributed by atoms with Gasteiger partial charge >= 0.3 is 0 Å². The summed E-state index contributed by atoms with van der Waals surface area (Å²) in [6.45, 7) is 3.17. The molecule has 0 atom stereocenters. The number of hydrogen-bond donors (Lipinski definition) is 3. The highest BCUT2D eigenvalue weighted by Crippen LogP contribution is 2.29. The van der Waals surface area contributed by atoms with Crippen LogP contribution in [0.15, 0.2) is 41.3 Å². The van der Waals surface area contributed by atoms with E-state index in [1.165, 1.54) is 6.07 Å². The highest BCUT2D eigenvalue weighted by molar-refractivity contribution is 7.92. The van der Waals surface area contributed by atoms with Crippen molar-refractivity contribution in [3.8, 4) is 11.4 Å². The lowest BCUT2D eigenvalue weighted by atomic mass is 10.2. The molecule has 0 aliphatic carbocycles. The van der Waals surface area contributed by atoms with Crippen LogP contribution in [0.25, 0.3) is 22.4 Å². The van der Waals surface area contributed by atoms with Crippen LogP contribution in [0.2, 0.25) is 0 Å². The molecule has 0 bridgehead atoms. The fraction of sp³-hybridized carbons (Fsp3) is 0.227. The normalized spacial score (nSPS) is 11.5. The van der Waals surface area contributed by atoms with Gasteiger partial charge in [0.05, 0.1) is 11.1 Å². The zero-order valence-electron chi connectivity index (χ0n) is 19.4. The van der Waals surface area contributed by atoms with E-state index in [9.17, 15) is 21.6 Å². The summed E-state index contributed by atoms with van der Waals surface area (Å²) in [5.41, 5.74) is 0.963. The number of halogens is 4. The van der Waals surface area contributed by atoms with E-state index in [0.717, 1.165) is 30.4 Å². The topological polar surface area (TPSA) is 116 Å². The van der Waals surface area contributed by atoms with Crippen molar-refractivity contribution in [3.63, 3.8) is 0 Å². The molecule has 0 aliphatic rings. The molecule has 0 saturated heterocycles. The number of aryl methyl sites for hydroxylation is 1. The Labute approximate surface area is 211 Å². The molecule has 0 amide bonds. The third kappa shape index (κ3) is 5.69. The van der Waals surface area contributed by atoms with Crippen molar-refractivity contribution in [3.05, 3.63) is 59.5 Å². The highest BCUT2D eigenvalue weighted by atomic mass is 35.5. The lowest BCUT2D eigenvalue weighted by Gasteiger charge is -2.13. The van der Waals surface area contributed by atoms with Crippen LogP contribution in [0.3, 0.4) is 0 Å². The Morgan fingerprint density at radius 3 is 2.47 bits per heavy atom. The number of aromatic amines is 1. The molecule has 0 spiro atoms. The number of benzene rings is 2. The van der Waals surface area contributed by atoms with E-state index in [-0.39, 0.29) is 23.8 Å². The predicted octanol–water partition coefficient (Wildman–Crippen LogP) is 3.94. The zero-order valence-corrected chi connectivity index (χ0v) is 21.1. The van der Waals surface area contributed by atoms with E-state index < -0.39 is 38.1 Å². The van der Waals surface area contributed by atoms with Gasteiger partial charge in [0, 0.05) is 24.3 Å². The molecular weight excluding hydrogens is 519 g/mol. The average molecular weight is 542 g/mol. The van der Waals surface area contributed by atoms with Crippen LogP contribution in [0.5, 0.6) is 0 Å². The standard InChI is InChI=1S/C22H22F3N7O2S.ClH/c1-12-19-21(26-8-9-32(2)3)27-20(28-22(19)30-29-12)13-4-7-17(16(25)10-13)31-35(33,34)18-11-14(23)5-6-15(18)24;/h4-7,10-11,31H,8-9H2,1-3H3,(H2,26,27,28,29,30);1H. The number of rotatable bonds is 8. The molecule has 36 heavy (non-hydrogen) atoms. The Kier molecular flexibility index (Phi) is 8.06. The Bertz CT molecular complexity index is 1510. The summed E-state index contributed by atoms with van der Waals surface area (Å²) >= 11 is 0. The molecule has 4 aromatic rings. The second-order valence-corrected chi connectivity index (χ2v) is 9.70. The Balaban J connectivity index is 0.00000361. The SMILES string of the molecule is Cc1[nH]nc2nc(-c3ccc(NS(=O)(=O)c4cc(F)ccc4F)c(F)c3)nc(NCCN(C)C)c12.Cl. The molecule has 0 radical (unpaired) electrons. The van der Waals surface area contributed by atoms with Gasteiger partial charge in [-0.05, 0) is 57.4 Å². The summed E-state index contributed by atoms with van der Waals surface area (Å²) in [5.74, 6) is -2.38. The lowest BCUT2D eigenvalue weighted by molar-refractivity contribution is 0.425.